The molecule has 1 saturated heterocycles. The van der Waals surface area contributed by atoms with E-state index in [4.69, 9.17) is 4.74 Å². The third-order valence-corrected chi connectivity index (χ3v) is 2.33. The van der Waals surface area contributed by atoms with Crippen LogP contribution in [-0.4, -0.2) is 27.0 Å². The van der Waals surface area contributed by atoms with Gasteiger partial charge in [-0.1, -0.05) is 0 Å². The van der Waals surface area contributed by atoms with Crippen molar-refractivity contribution >= 4 is 13.3 Å². The highest BCUT2D eigenvalue weighted by Gasteiger charge is 2.24. The zero-order chi connectivity index (χ0) is 11.0. The van der Waals surface area contributed by atoms with Crippen molar-refractivity contribution in [2.24, 2.45) is 0 Å². The number of halogens is 3. The van der Waals surface area contributed by atoms with Crippen molar-refractivity contribution in [2.45, 2.75) is 6.10 Å². The maximum absolute atomic E-state index is 13.3. The predicted molar refractivity (Wildman–Crippen MR) is 51.8 cm³/mol. The second-order valence-electron chi connectivity index (χ2n) is 3.53. The molecule has 2 rings (SSSR count). The summed E-state index contributed by atoms with van der Waals surface area (Å²) in [6.45, 7) is 1.04. The maximum Gasteiger partial charge on any atom is 0.203 e. The summed E-state index contributed by atoms with van der Waals surface area (Å²) in [5.74, 6) is -3.79. The standard InChI is InChI=1S/C9H9BF3NO/c10-5-1-6(11)9(8(13)7(5)12)15-4-2-14-3-4/h1,4,14H,2-3,10H2. The molecule has 1 heterocycles. The average Bonchev–Trinajstić information content (AvgIpc) is 2.11. The molecule has 0 saturated carbocycles. The van der Waals surface area contributed by atoms with Gasteiger partial charge in [-0.25, -0.2) is 8.78 Å². The summed E-state index contributed by atoms with van der Waals surface area (Å²) in [5, 5.41) is 2.88. The van der Waals surface area contributed by atoms with Gasteiger partial charge < -0.3 is 10.1 Å². The molecule has 0 atom stereocenters. The molecule has 1 aromatic rings. The summed E-state index contributed by atoms with van der Waals surface area (Å²) in [7, 11) is 1.30. The van der Waals surface area contributed by atoms with Crippen LogP contribution in [0.1, 0.15) is 0 Å². The molecule has 0 aliphatic carbocycles. The minimum Gasteiger partial charge on any atom is -0.482 e. The number of ether oxygens (including phenoxy) is 1. The fraction of sp³-hybridized carbons (Fsp3) is 0.333. The zero-order valence-electron chi connectivity index (χ0n) is 8.11. The van der Waals surface area contributed by atoms with Crippen LogP contribution in [-0.2, 0) is 0 Å². The normalized spacial score (nSPS) is 16.2. The molecule has 0 unspecified atom stereocenters. The summed E-state index contributed by atoms with van der Waals surface area (Å²) >= 11 is 0. The second kappa shape index (κ2) is 3.77. The number of benzene rings is 1. The molecule has 6 heteroatoms. The van der Waals surface area contributed by atoms with Crippen molar-refractivity contribution in [3.63, 3.8) is 0 Å². The lowest BCUT2D eigenvalue weighted by Crippen LogP contribution is -2.50. The smallest absolute Gasteiger partial charge is 0.203 e. The first-order valence-electron chi connectivity index (χ1n) is 4.61. The van der Waals surface area contributed by atoms with Crippen LogP contribution < -0.4 is 15.5 Å². The topological polar surface area (TPSA) is 21.3 Å². The Morgan fingerprint density at radius 1 is 1.27 bits per heavy atom. The fourth-order valence-electron chi connectivity index (χ4n) is 1.32. The third-order valence-electron chi connectivity index (χ3n) is 2.33. The quantitative estimate of drug-likeness (QED) is 0.540. The van der Waals surface area contributed by atoms with E-state index in [9.17, 15) is 13.2 Å². The van der Waals surface area contributed by atoms with E-state index in [1.165, 1.54) is 7.85 Å². The van der Waals surface area contributed by atoms with Gasteiger partial charge in [0.25, 0.3) is 0 Å². The highest BCUT2D eigenvalue weighted by molar-refractivity contribution is 6.32. The minimum atomic E-state index is -1.25. The molecule has 0 amide bonds. The van der Waals surface area contributed by atoms with E-state index in [2.05, 4.69) is 5.32 Å². The molecule has 1 aliphatic heterocycles. The molecule has 1 aliphatic rings. The molecule has 1 N–H and O–H groups in total. The van der Waals surface area contributed by atoms with Crippen molar-refractivity contribution in [1.82, 2.24) is 5.32 Å². The van der Waals surface area contributed by atoms with E-state index in [-0.39, 0.29) is 11.6 Å². The molecule has 0 radical (unpaired) electrons. The van der Waals surface area contributed by atoms with E-state index in [0.717, 1.165) is 6.07 Å². The lowest BCUT2D eigenvalue weighted by atomic mass is 9.95. The van der Waals surface area contributed by atoms with Crippen LogP contribution in [0.3, 0.4) is 0 Å². The van der Waals surface area contributed by atoms with E-state index in [1.54, 1.807) is 0 Å². The van der Waals surface area contributed by atoms with Gasteiger partial charge in [0, 0.05) is 13.1 Å². The van der Waals surface area contributed by atoms with Gasteiger partial charge in [-0.2, -0.15) is 4.39 Å². The van der Waals surface area contributed by atoms with Crippen LogP contribution in [0.5, 0.6) is 5.75 Å². The lowest BCUT2D eigenvalue weighted by molar-refractivity contribution is 0.129. The maximum atomic E-state index is 13.3. The molecule has 15 heavy (non-hydrogen) atoms. The highest BCUT2D eigenvalue weighted by atomic mass is 19.2. The second-order valence-corrected chi connectivity index (χ2v) is 3.53. The van der Waals surface area contributed by atoms with Crippen molar-refractivity contribution in [3.05, 3.63) is 23.5 Å². The van der Waals surface area contributed by atoms with Crippen LogP contribution in [0.15, 0.2) is 6.07 Å². The molecular formula is C9H9BF3NO. The van der Waals surface area contributed by atoms with Crippen molar-refractivity contribution in [3.8, 4) is 5.75 Å². The van der Waals surface area contributed by atoms with Gasteiger partial charge in [0.05, 0.1) is 0 Å². The largest absolute Gasteiger partial charge is 0.482 e. The van der Waals surface area contributed by atoms with Gasteiger partial charge in [-0.15, -0.1) is 0 Å². The Hall–Kier alpha value is -1.17. The molecular weight excluding hydrogens is 206 g/mol. The first-order valence-corrected chi connectivity index (χ1v) is 4.61. The van der Waals surface area contributed by atoms with E-state index < -0.39 is 23.2 Å². The van der Waals surface area contributed by atoms with Crippen LogP contribution in [0.25, 0.3) is 0 Å². The van der Waals surface area contributed by atoms with Gasteiger partial charge in [-0.3, -0.25) is 0 Å². The Kier molecular flexibility index (Phi) is 2.60. The van der Waals surface area contributed by atoms with Crippen molar-refractivity contribution in [2.75, 3.05) is 13.1 Å². The van der Waals surface area contributed by atoms with Gasteiger partial charge in [0.1, 0.15) is 14.0 Å². The van der Waals surface area contributed by atoms with Crippen LogP contribution in [0.2, 0.25) is 0 Å². The van der Waals surface area contributed by atoms with Gasteiger partial charge >= 0.3 is 0 Å². The van der Waals surface area contributed by atoms with Crippen LogP contribution in [0.4, 0.5) is 13.2 Å². The Labute approximate surface area is 85.8 Å². The molecule has 0 spiro atoms. The number of rotatable bonds is 2. The SMILES string of the molecule is Bc1cc(F)c(OC2CNC2)c(F)c1F. The fourth-order valence-corrected chi connectivity index (χ4v) is 1.32. The van der Waals surface area contributed by atoms with E-state index in [0.29, 0.717) is 13.1 Å². The summed E-state index contributed by atoms with van der Waals surface area (Å²) in [6, 6.07) is 0.930. The molecule has 0 bridgehead atoms. The average molecular weight is 215 g/mol. The number of nitrogens with one attached hydrogen (secondary N) is 1. The Bertz CT molecular complexity index is 395. The molecule has 0 aromatic heterocycles. The van der Waals surface area contributed by atoms with Gasteiger partial charge in [0.2, 0.25) is 5.82 Å². The van der Waals surface area contributed by atoms with E-state index in [1.807, 2.05) is 0 Å². The molecule has 1 fully saturated rings. The van der Waals surface area contributed by atoms with Crippen LogP contribution in [0, 0.1) is 17.5 Å². The summed E-state index contributed by atoms with van der Waals surface area (Å²) in [6.07, 6.45) is -0.281. The van der Waals surface area contributed by atoms with Crippen LogP contribution >= 0.6 is 0 Å². The highest BCUT2D eigenvalue weighted by Crippen LogP contribution is 2.24. The first kappa shape index (κ1) is 10.4. The lowest BCUT2D eigenvalue weighted by Gasteiger charge is -2.28. The summed E-state index contributed by atoms with van der Waals surface area (Å²) in [5.41, 5.74) is -0.0657. The number of hydrogen-bond acceptors (Lipinski definition) is 2. The summed E-state index contributed by atoms with van der Waals surface area (Å²) < 4.78 is 44.6. The van der Waals surface area contributed by atoms with E-state index >= 15 is 0 Å². The Morgan fingerprint density at radius 2 is 1.93 bits per heavy atom. The monoisotopic (exact) mass is 215 g/mol. The predicted octanol–water partition coefficient (Wildman–Crippen LogP) is -0.287. The first-order chi connectivity index (χ1) is 7.09. The molecule has 1 aromatic carbocycles. The zero-order valence-corrected chi connectivity index (χ0v) is 8.11. The molecule has 2 nitrogen and oxygen atoms in total. The van der Waals surface area contributed by atoms with Crippen molar-refractivity contribution in [1.29, 1.82) is 0 Å². The third kappa shape index (κ3) is 1.81. The molecule has 80 valence electrons. The minimum absolute atomic E-state index is 0.0657. The van der Waals surface area contributed by atoms with Gasteiger partial charge in [0.15, 0.2) is 17.4 Å². The van der Waals surface area contributed by atoms with Crippen molar-refractivity contribution < 1.29 is 17.9 Å². The Balaban J connectivity index is 2.32. The number of hydrogen-bond donors (Lipinski definition) is 1. The Morgan fingerprint density at radius 3 is 2.47 bits per heavy atom. The summed E-state index contributed by atoms with van der Waals surface area (Å²) in [4.78, 5) is 0. The van der Waals surface area contributed by atoms with Gasteiger partial charge in [-0.05, 0) is 11.5 Å².